The lowest BCUT2D eigenvalue weighted by molar-refractivity contribution is -0.140. The molecule has 0 bridgehead atoms. The van der Waals surface area contributed by atoms with Crippen molar-refractivity contribution in [3.63, 3.8) is 0 Å². The molecule has 5 nitrogen and oxygen atoms in total. The van der Waals surface area contributed by atoms with E-state index in [1.54, 1.807) is 12.1 Å². The van der Waals surface area contributed by atoms with Crippen molar-refractivity contribution in [2.45, 2.75) is 38.5 Å². The summed E-state index contributed by atoms with van der Waals surface area (Å²) < 4.78 is 4.60. The average Bonchev–Trinajstić information content (AvgIpc) is 2.38. The van der Waals surface area contributed by atoms with Crippen LogP contribution in [-0.4, -0.2) is 24.1 Å². The van der Waals surface area contributed by atoms with Gasteiger partial charge in [-0.3, -0.25) is 9.59 Å². The third kappa shape index (κ3) is 3.98. The minimum absolute atomic E-state index is 0.114. The largest absolute Gasteiger partial charge is 0.507 e. The average molecular weight is 279 g/mol. The fourth-order valence-corrected chi connectivity index (χ4v) is 2.08. The fourth-order valence-electron chi connectivity index (χ4n) is 2.08. The van der Waals surface area contributed by atoms with Gasteiger partial charge < -0.3 is 15.6 Å². The predicted molar refractivity (Wildman–Crippen MR) is 75.5 cm³/mol. The molecule has 0 saturated heterocycles. The van der Waals surface area contributed by atoms with Gasteiger partial charge in [-0.25, -0.2) is 0 Å². The van der Waals surface area contributed by atoms with Gasteiger partial charge in [0.2, 0.25) is 0 Å². The van der Waals surface area contributed by atoms with E-state index in [1.165, 1.54) is 13.2 Å². The first-order valence-corrected chi connectivity index (χ1v) is 6.48. The second kappa shape index (κ2) is 6.41. The number of aromatic hydroxyl groups is 1. The Hall–Kier alpha value is -2.04. The fraction of sp³-hybridized carbons (Fsp3) is 0.467. The van der Waals surface area contributed by atoms with Crippen molar-refractivity contribution < 1.29 is 19.4 Å². The van der Waals surface area contributed by atoms with Crippen molar-refractivity contribution in [3.8, 4) is 5.75 Å². The molecule has 0 unspecified atom stereocenters. The Bertz CT molecular complexity index is 509. The zero-order valence-corrected chi connectivity index (χ0v) is 12.1. The number of primary amides is 1. The molecule has 3 N–H and O–H groups in total. The molecule has 0 radical (unpaired) electrons. The van der Waals surface area contributed by atoms with E-state index in [2.05, 4.69) is 4.74 Å². The zero-order chi connectivity index (χ0) is 15.3. The molecule has 1 aromatic rings. The lowest BCUT2D eigenvalue weighted by Gasteiger charge is -2.25. The summed E-state index contributed by atoms with van der Waals surface area (Å²) in [5.41, 5.74) is 6.01. The zero-order valence-electron chi connectivity index (χ0n) is 12.1. The Morgan fingerprint density at radius 2 is 2.00 bits per heavy atom. The Morgan fingerprint density at radius 1 is 1.35 bits per heavy atom. The molecule has 20 heavy (non-hydrogen) atoms. The molecule has 0 fully saturated rings. The van der Waals surface area contributed by atoms with Crippen LogP contribution >= 0.6 is 0 Å². The second-order valence-corrected chi connectivity index (χ2v) is 5.41. The van der Waals surface area contributed by atoms with Gasteiger partial charge in [0.25, 0.3) is 5.91 Å². The molecular formula is C15H21NO4. The highest BCUT2D eigenvalue weighted by Gasteiger charge is 2.22. The van der Waals surface area contributed by atoms with Gasteiger partial charge in [0, 0.05) is 6.42 Å². The maximum absolute atomic E-state index is 11.2. The molecule has 0 aliphatic heterocycles. The number of ether oxygens (including phenoxy) is 1. The maximum atomic E-state index is 11.2. The van der Waals surface area contributed by atoms with Crippen molar-refractivity contribution in [1.82, 2.24) is 0 Å². The number of phenols is 1. The molecule has 1 amide bonds. The quantitative estimate of drug-likeness (QED) is 0.780. The van der Waals surface area contributed by atoms with Crippen molar-refractivity contribution in [1.29, 1.82) is 0 Å². The van der Waals surface area contributed by atoms with Crippen molar-refractivity contribution in [2.24, 2.45) is 5.73 Å². The van der Waals surface area contributed by atoms with Gasteiger partial charge in [-0.2, -0.15) is 0 Å². The lowest BCUT2D eigenvalue weighted by Crippen LogP contribution is -2.19. The maximum Gasteiger partial charge on any atom is 0.305 e. The topological polar surface area (TPSA) is 89.6 Å². The number of rotatable bonds is 6. The van der Waals surface area contributed by atoms with E-state index in [1.807, 2.05) is 13.8 Å². The molecule has 0 heterocycles. The molecule has 0 spiro atoms. The summed E-state index contributed by atoms with van der Waals surface area (Å²) >= 11 is 0. The first-order chi connectivity index (χ1) is 9.27. The monoisotopic (exact) mass is 279 g/mol. The molecule has 0 aliphatic rings. The van der Waals surface area contributed by atoms with Gasteiger partial charge >= 0.3 is 5.97 Å². The summed E-state index contributed by atoms with van der Waals surface area (Å²) in [7, 11) is 1.37. The smallest absolute Gasteiger partial charge is 0.305 e. The van der Waals surface area contributed by atoms with E-state index in [0.29, 0.717) is 12.8 Å². The molecule has 0 aromatic heterocycles. The third-order valence-corrected chi connectivity index (χ3v) is 3.45. The number of carbonyl (C=O) groups excluding carboxylic acids is 2. The molecule has 0 saturated carbocycles. The molecule has 1 rings (SSSR count). The molecule has 0 atom stereocenters. The minimum Gasteiger partial charge on any atom is -0.507 e. The predicted octanol–water partition coefficient (Wildman–Crippen LogP) is 2.11. The van der Waals surface area contributed by atoms with E-state index in [9.17, 15) is 14.7 Å². The molecule has 110 valence electrons. The molecule has 5 heteroatoms. The van der Waals surface area contributed by atoms with E-state index in [4.69, 9.17) is 5.73 Å². The SMILES string of the molecule is COC(=O)CCCC(C)(C)c1ccc(O)c(C(N)=O)c1. The van der Waals surface area contributed by atoms with Gasteiger partial charge in [-0.15, -0.1) is 0 Å². The minimum atomic E-state index is -0.658. The summed E-state index contributed by atoms with van der Waals surface area (Å²) in [6, 6.07) is 4.84. The highest BCUT2D eigenvalue weighted by Crippen LogP contribution is 2.31. The second-order valence-electron chi connectivity index (χ2n) is 5.41. The van der Waals surface area contributed by atoms with Gasteiger partial charge in [0.1, 0.15) is 5.75 Å². The Morgan fingerprint density at radius 3 is 2.55 bits per heavy atom. The van der Waals surface area contributed by atoms with E-state index >= 15 is 0 Å². The molecule has 1 aromatic carbocycles. The van der Waals surface area contributed by atoms with Crippen LogP contribution in [-0.2, 0) is 14.9 Å². The number of benzene rings is 1. The lowest BCUT2D eigenvalue weighted by atomic mass is 9.79. The standard InChI is InChI=1S/C15H21NO4/c1-15(2,8-4-5-13(18)20-3)10-6-7-12(17)11(9-10)14(16)19/h6-7,9,17H,4-5,8H2,1-3H3,(H2,16,19). The molecule has 0 aliphatic carbocycles. The Labute approximate surface area is 118 Å². The Balaban J connectivity index is 2.84. The number of methoxy groups -OCH3 is 1. The van der Waals surface area contributed by atoms with Crippen molar-refractivity contribution in [2.75, 3.05) is 7.11 Å². The van der Waals surface area contributed by atoms with Crippen LogP contribution in [0.1, 0.15) is 49.0 Å². The van der Waals surface area contributed by atoms with Crippen LogP contribution in [0.3, 0.4) is 0 Å². The van der Waals surface area contributed by atoms with E-state index in [0.717, 1.165) is 12.0 Å². The summed E-state index contributed by atoms with van der Waals surface area (Å²) in [5.74, 6) is -1.01. The summed E-state index contributed by atoms with van der Waals surface area (Å²) in [4.78, 5) is 22.3. The number of hydrogen-bond acceptors (Lipinski definition) is 4. The van der Waals surface area contributed by atoms with Crippen molar-refractivity contribution >= 4 is 11.9 Å². The van der Waals surface area contributed by atoms with Crippen LogP contribution in [0.2, 0.25) is 0 Å². The number of carbonyl (C=O) groups is 2. The van der Waals surface area contributed by atoms with E-state index in [-0.39, 0.29) is 22.7 Å². The highest BCUT2D eigenvalue weighted by molar-refractivity contribution is 5.95. The van der Waals surface area contributed by atoms with Gasteiger partial charge in [0.15, 0.2) is 0 Å². The number of nitrogens with two attached hydrogens (primary N) is 1. The highest BCUT2D eigenvalue weighted by atomic mass is 16.5. The van der Waals surface area contributed by atoms with Crippen LogP contribution in [0, 0.1) is 0 Å². The third-order valence-electron chi connectivity index (χ3n) is 3.45. The normalized spacial score (nSPS) is 11.2. The molecular weight excluding hydrogens is 258 g/mol. The first-order valence-electron chi connectivity index (χ1n) is 6.48. The van der Waals surface area contributed by atoms with Gasteiger partial charge in [-0.1, -0.05) is 19.9 Å². The van der Waals surface area contributed by atoms with Gasteiger partial charge in [-0.05, 0) is 36.0 Å². The van der Waals surface area contributed by atoms with Crippen LogP contribution in [0.4, 0.5) is 0 Å². The number of hydrogen-bond donors (Lipinski definition) is 2. The van der Waals surface area contributed by atoms with E-state index < -0.39 is 5.91 Å². The van der Waals surface area contributed by atoms with Crippen molar-refractivity contribution in [3.05, 3.63) is 29.3 Å². The van der Waals surface area contributed by atoms with Crippen LogP contribution in [0.5, 0.6) is 5.75 Å². The van der Waals surface area contributed by atoms with Crippen LogP contribution < -0.4 is 5.73 Å². The summed E-state index contributed by atoms with van der Waals surface area (Å²) in [6.07, 6.45) is 1.80. The number of esters is 1. The van der Waals surface area contributed by atoms with Crippen LogP contribution in [0.15, 0.2) is 18.2 Å². The summed E-state index contributed by atoms with van der Waals surface area (Å²) in [6.45, 7) is 4.03. The summed E-state index contributed by atoms with van der Waals surface area (Å²) in [5, 5.41) is 9.59. The van der Waals surface area contributed by atoms with Crippen LogP contribution in [0.25, 0.3) is 0 Å². The first kappa shape index (κ1) is 16.0. The number of amides is 1. The van der Waals surface area contributed by atoms with Gasteiger partial charge in [0.05, 0.1) is 12.7 Å². The Kier molecular flexibility index (Phi) is 5.13.